The number of hydrogen-bond acceptors (Lipinski definition) is 3. The number of carbonyl (C=O) groups is 1. The molecule has 0 spiro atoms. The van der Waals surface area contributed by atoms with E-state index in [1.807, 2.05) is 25.1 Å². The second-order valence-corrected chi connectivity index (χ2v) is 4.97. The fraction of sp³-hybridized carbons (Fsp3) is 0.286. The molecule has 104 valence electrons. The van der Waals surface area contributed by atoms with Crippen molar-refractivity contribution in [1.82, 2.24) is 10.2 Å². The zero-order valence-electron chi connectivity index (χ0n) is 11.3. The van der Waals surface area contributed by atoms with Crippen LogP contribution in [-0.2, 0) is 13.0 Å². The highest BCUT2D eigenvalue weighted by molar-refractivity contribution is 5.93. The minimum Gasteiger partial charge on any atom is -0.379 e. The first-order chi connectivity index (χ1) is 9.65. The van der Waals surface area contributed by atoms with Crippen LogP contribution in [0.3, 0.4) is 0 Å². The van der Waals surface area contributed by atoms with Crippen LogP contribution >= 0.6 is 0 Å². The van der Waals surface area contributed by atoms with E-state index in [1.54, 1.807) is 11.1 Å². The molecule has 0 aliphatic carbocycles. The van der Waals surface area contributed by atoms with Crippen molar-refractivity contribution in [2.24, 2.45) is 5.73 Å². The molecule has 1 aliphatic heterocycles. The molecule has 3 rings (SSSR count). The molecule has 0 radical (unpaired) electrons. The highest BCUT2D eigenvalue weighted by atomic mass is 16.2. The van der Waals surface area contributed by atoms with Crippen molar-refractivity contribution in [1.29, 1.82) is 0 Å². The van der Waals surface area contributed by atoms with E-state index in [0.29, 0.717) is 13.1 Å². The summed E-state index contributed by atoms with van der Waals surface area (Å²) in [4.78, 5) is 13.0. The number of carbonyl (C=O) groups excluding carboxylic acids is 1. The van der Waals surface area contributed by atoms with Gasteiger partial charge in [0.2, 0.25) is 0 Å². The van der Waals surface area contributed by atoms with Gasteiger partial charge >= 0.3 is 6.03 Å². The third-order valence-electron chi connectivity index (χ3n) is 3.65. The first kappa shape index (κ1) is 12.5. The Hall–Kier alpha value is -2.50. The maximum Gasteiger partial charge on any atom is 0.319 e. The van der Waals surface area contributed by atoms with Gasteiger partial charge in [0.1, 0.15) is 0 Å². The van der Waals surface area contributed by atoms with Crippen molar-refractivity contribution in [2.75, 3.05) is 16.8 Å². The van der Waals surface area contributed by atoms with E-state index in [9.17, 15) is 4.79 Å². The molecule has 6 heteroatoms. The Bertz CT molecular complexity index is 649. The molecule has 0 saturated carbocycles. The summed E-state index contributed by atoms with van der Waals surface area (Å²) in [6.45, 7) is 3.34. The number of aromatic nitrogens is 2. The highest BCUT2D eigenvalue weighted by Crippen LogP contribution is 2.30. The Balaban J connectivity index is 1.77. The average molecular weight is 271 g/mol. The smallest absolute Gasteiger partial charge is 0.319 e. The van der Waals surface area contributed by atoms with Crippen molar-refractivity contribution in [3.05, 3.63) is 41.2 Å². The number of rotatable bonds is 3. The van der Waals surface area contributed by atoms with E-state index in [4.69, 9.17) is 5.73 Å². The molecule has 1 aromatic carbocycles. The number of nitrogens with one attached hydrogen (secondary N) is 2. The molecule has 2 aromatic rings. The minimum atomic E-state index is -0.398. The highest BCUT2D eigenvalue weighted by Gasteiger charge is 2.22. The van der Waals surface area contributed by atoms with Gasteiger partial charge in [0.05, 0.1) is 24.1 Å². The molecule has 1 aromatic heterocycles. The molecule has 1 aliphatic rings. The van der Waals surface area contributed by atoms with Crippen molar-refractivity contribution in [2.45, 2.75) is 19.9 Å². The number of fused-ring (bicyclic) bond motifs is 1. The Labute approximate surface area is 117 Å². The van der Waals surface area contributed by atoms with Crippen LogP contribution in [0.15, 0.2) is 24.4 Å². The van der Waals surface area contributed by atoms with Gasteiger partial charge in [-0.3, -0.25) is 10.00 Å². The fourth-order valence-corrected chi connectivity index (χ4v) is 2.46. The molecule has 0 saturated heterocycles. The monoisotopic (exact) mass is 271 g/mol. The molecule has 20 heavy (non-hydrogen) atoms. The van der Waals surface area contributed by atoms with Gasteiger partial charge in [-0.2, -0.15) is 5.10 Å². The van der Waals surface area contributed by atoms with E-state index in [-0.39, 0.29) is 0 Å². The first-order valence-electron chi connectivity index (χ1n) is 6.58. The van der Waals surface area contributed by atoms with E-state index in [2.05, 4.69) is 15.5 Å². The third kappa shape index (κ3) is 2.20. The van der Waals surface area contributed by atoms with Crippen LogP contribution in [0.2, 0.25) is 0 Å². The lowest BCUT2D eigenvalue weighted by molar-refractivity contribution is 0.254. The number of benzene rings is 1. The maximum absolute atomic E-state index is 11.4. The summed E-state index contributed by atoms with van der Waals surface area (Å²) in [5.74, 6) is 0. The van der Waals surface area contributed by atoms with Crippen LogP contribution in [-0.4, -0.2) is 22.8 Å². The molecule has 4 N–H and O–H groups in total. The van der Waals surface area contributed by atoms with Crippen LogP contribution in [0, 0.1) is 6.92 Å². The number of nitrogens with zero attached hydrogens (tertiary/aromatic N) is 2. The molecule has 0 atom stereocenters. The predicted molar refractivity (Wildman–Crippen MR) is 77.7 cm³/mol. The number of amides is 2. The quantitative estimate of drug-likeness (QED) is 0.795. The van der Waals surface area contributed by atoms with Crippen molar-refractivity contribution in [3.63, 3.8) is 0 Å². The number of hydrogen-bond donors (Lipinski definition) is 3. The molecule has 2 amide bonds. The van der Waals surface area contributed by atoms with Gasteiger partial charge < -0.3 is 11.1 Å². The van der Waals surface area contributed by atoms with Crippen LogP contribution < -0.4 is 16.0 Å². The molecular weight excluding hydrogens is 254 g/mol. The zero-order chi connectivity index (χ0) is 14.1. The summed E-state index contributed by atoms with van der Waals surface area (Å²) in [7, 11) is 0. The second kappa shape index (κ2) is 4.88. The summed E-state index contributed by atoms with van der Waals surface area (Å²) in [6, 6.07) is 5.64. The Morgan fingerprint density at radius 1 is 1.55 bits per heavy atom. The number of aromatic amines is 1. The SMILES string of the molecule is Cc1cn[nH]c1CNc1ccc2c(c1)N(C(N)=O)CC2. The lowest BCUT2D eigenvalue weighted by Gasteiger charge is -2.15. The Morgan fingerprint density at radius 3 is 3.10 bits per heavy atom. The number of nitrogens with two attached hydrogens (primary N) is 1. The second-order valence-electron chi connectivity index (χ2n) is 4.97. The van der Waals surface area contributed by atoms with Crippen LogP contribution in [0.1, 0.15) is 16.8 Å². The topological polar surface area (TPSA) is 87.0 Å². The van der Waals surface area contributed by atoms with Gasteiger partial charge in [-0.05, 0) is 36.6 Å². The van der Waals surface area contributed by atoms with Crippen LogP contribution in [0.5, 0.6) is 0 Å². The van der Waals surface area contributed by atoms with Gasteiger partial charge in [0, 0.05) is 12.2 Å². The lowest BCUT2D eigenvalue weighted by atomic mass is 10.1. The van der Waals surface area contributed by atoms with Gasteiger partial charge in [-0.15, -0.1) is 0 Å². The Kier molecular flexibility index (Phi) is 3.06. The van der Waals surface area contributed by atoms with Crippen LogP contribution in [0.25, 0.3) is 0 Å². The summed E-state index contributed by atoms with van der Waals surface area (Å²) < 4.78 is 0. The minimum absolute atomic E-state index is 0.398. The largest absolute Gasteiger partial charge is 0.379 e. The van der Waals surface area contributed by atoms with Crippen molar-refractivity contribution >= 4 is 17.4 Å². The summed E-state index contributed by atoms with van der Waals surface area (Å²) >= 11 is 0. The summed E-state index contributed by atoms with van der Waals surface area (Å²) in [5, 5.41) is 10.3. The molecule has 2 heterocycles. The van der Waals surface area contributed by atoms with Gasteiger partial charge in [-0.25, -0.2) is 4.79 Å². The molecule has 6 nitrogen and oxygen atoms in total. The third-order valence-corrected chi connectivity index (χ3v) is 3.65. The van der Waals surface area contributed by atoms with Gasteiger partial charge in [0.15, 0.2) is 0 Å². The van der Waals surface area contributed by atoms with E-state index in [1.165, 1.54) is 0 Å². The standard InChI is InChI=1S/C14H17N5O/c1-9-7-17-18-12(9)8-16-11-3-2-10-4-5-19(14(15)20)13(10)6-11/h2-3,6-7,16H,4-5,8H2,1H3,(H2,15,20)(H,17,18). The molecule has 0 unspecified atom stereocenters. The number of anilines is 2. The number of H-pyrrole nitrogens is 1. The predicted octanol–water partition coefficient (Wildman–Crippen LogP) is 1.77. The fourth-order valence-electron chi connectivity index (χ4n) is 2.46. The maximum atomic E-state index is 11.4. The van der Waals surface area contributed by atoms with Gasteiger partial charge in [0.25, 0.3) is 0 Å². The van der Waals surface area contributed by atoms with E-state index < -0.39 is 6.03 Å². The van der Waals surface area contributed by atoms with Crippen molar-refractivity contribution < 1.29 is 4.79 Å². The number of primary amides is 1. The van der Waals surface area contributed by atoms with E-state index in [0.717, 1.165) is 34.6 Å². The van der Waals surface area contributed by atoms with Crippen LogP contribution in [0.4, 0.5) is 16.2 Å². The summed E-state index contributed by atoms with van der Waals surface area (Å²) in [6.07, 6.45) is 2.66. The number of aryl methyl sites for hydroxylation is 1. The molecular formula is C14H17N5O. The molecule has 0 fully saturated rings. The number of urea groups is 1. The van der Waals surface area contributed by atoms with Gasteiger partial charge in [-0.1, -0.05) is 6.07 Å². The Morgan fingerprint density at radius 2 is 2.40 bits per heavy atom. The first-order valence-corrected chi connectivity index (χ1v) is 6.58. The van der Waals surface area contributed by atoms with E-state index >= 15 is 0 Å². The zero-order valence-corrected chi connectivity index (χ0v) is 11.3. The average Bonchev–Trinajstić information content (AvgIpc) is 3.02. The molecule has 0 bridgehead atoms. The van der Waals surface area contributed by atoms with Crippen molar-refractivity contribution in [3.8, 4) is 0 Å². The normalized spacial score (nSPS) is 13.3. The summed E-state index contributed by atoms with van der Waals surface area (Å²) in [5.41, 5.74) is 10.6. The lowest BCUT2D eigenvalue weighted by Crippen LogP contribution is -2.33.